The molecule has 0 saturated heterocycles. The number of benzene rings is 2. The van der Waals surface area contributed by atoms with E-state index >= 15 is 0 Å². The highest BCUT2D eigenvalue weighted by Gasteiger charge is 2.26. The smallest absolute Gasteiger partial charge is 0.123 e. The molecule has 1 aliphatic carbocycles. The number of para-hydroxylation sites is 1. The summed E-state index contributed by atoms with van der Waals surface area (Å²) in [5.41, 5.74) is 7.65. The average molecular weight is 446 g/mol. The van der Waals surface area contributed by atoms with E-state index in [4.69, 9.17) is 0 Å². The van der Waals surface area contributed by atoms with Crippen LogP contribution in [0.3, 0.4) is 0 Å². The fourth-order valence-electron chi connectivity index (χ4n) is 6.23. The van der Waals surface area contributed by atoms with Gasteiger partial charge in [0.1, 0.15) is 5.82 Å². The Kier molecular flexibility index (Phi) is 5.27. The number of aromatic nitrogens is 2. The molecule has 1 unspecified atom stereocenters. The summed E-state index contributed by atoms with van der Waals surface area (Å²) >= 11 is 0. The topological polar surface area (TPSA) is 33.3 Å². The standard InChI is InChI=1S/C28H32FN3O/c1-2-30-14-13-28-24(18-30)23-15-19(29)11-12-27(23)32(28)17-20(33)16-31-25-9-5-3-7-21(25)22-8-4-6-10-26(22)31/h3,5,7,9,11-12,15,20,33H,2,4,6,8,10,13-14,16-18H2,1H3. The number of likely N-dealkylation sites (N-methyl/N-ethyl adjacent to an activating group) is 1. The van der Waals surface area contributed by atoms with Crippen LogP contribution in [0.15, 0.2) is 42.5 Å². The van der Waals surface area contributed by atoms with Gasteiger partial charge in [-0.1, -0.05) is 25.1 Å². The minimum Gasteiger partial charge on any atom is -0.389 e. The lowest BCUT2D eigenvalue weighted by atomic mass is 9.95. The molecule has 4 aromatic rings. The van der Waals surface area contributed by atoms with Crippen LogP contribution >= 0.6 is 0 Å². The zero-order valence-corrected chi connectivity index (χ0v) is 19.4. The lowest BCUT2D eigenvalue weighted by molar-refractivity contribution is 0.134. The van der Waals surface area contributed by atoms with Crippen molar-refractivity contribution >= 4 is 21.8 Å². The molecule has 5 heteroatoms. The van der Waals surface area contributed by atoms with E-state index in [1.807, 2.05) is 6.07 Å². The number of aryl methyl sites for hydroxylation is 1. The third-order valence-corrected chi connectivity index (χ3v) is 7.81. The monoisotopic (exact) mass is 445 g/mol. The van der Waals surface area contributed by atoms with Crippen molar-refractivity contribution < 1.29 is 9.50 Å². The molecule has 0 amide bonds. The van der Waals surface area contributed by atoms with E-state index in [0.717, 1.165) is 49.8 Å². The van der Waals surface area contributed by atoms with E-state index in [1.54, 1.807) is 12.1 Å². The summed E-state index contributed by atoms with van der Waals surface area (Å²) in [4.78, 5) is 2.41. The predicted octanol–water partition coefficient (Wildman–Crippen LogP) is 5.05. The summed E-state index contributed by atoms with van der Waals surface area (Å²) in [6, 6.07) is 13.7. The lowest BCUT2D eigenvalue weighted by Crippen LogP contribution is -2.32. The van der Waals surface area contributed by atoms with Gasteiger partial charge in [-0.05, 0) is 67.6 Å². The molecule has 33 heavy (non-hydrogen) atoms. The first-order valence-electron chi connectivity index (χ1n) is 12.4. The average Bonchev–Trinajstić information content (AvgIpc) is 3.31. The van der Waals surface area contributed by atoms with Gasteiger partial charge < -0.3 is 14.2 Å². The molecule has 3 heterocycles. The molecule has 0 spiro atoms. The van der Waals surface area contributed by atoms with Crippen molar-refractivity contribution in [1.82, 2.24) is 14.0 Å². The third-order valence-electron chi connectivity index (χ3n) is 7.81. The van der Waals surface area contributed by atoms with E-state index in [9.17, 15) is 9.50 Å². The van der Waals surface area contributed by atoms with Crippen LogP contribution in [0, 0.1) is 5.82 Å². The van der Waals surface area contributed by atoms with Crippen LogP contribution < -0.4 is 0 Å². The van der Waals surface area contributed by atoms with Crippen LogP contribution in [0.2, 0.25) is 0 Å². The molecule has 1 N–H and O–H groups in total. The molecule has 4 nitrogen and oxygen atoms in total. The first kappa shape index (κ1) is 20.9. The normalized spacial score (nSPS) is 17.4. The maximum Gasteiger partial charge on any atom is 0.123 e. The molecule has 172 valence electrons. The quantitative estimate of drug-likeness (QED) is 0.466. The van der Waals surface area contributed by atoms with Crippen LogP contribution in [0.1, 0.15) is 42.3 Å². The van der Waals surface area contributed by atoms with Crippen LogP contribution in [0.25, 0.3) is 21.8 Å². The second-order valence-corrected chi connectivity index (χ2v) is 9.73. The largest absolute Gasteiger partial charge is 0.389 e. The van der Waals surface area contributed by atoms with Crippen molar-refractivity contribution in [2.75, 3.05) is 13.1 Å². The Hall–Kier alpha value is -2.63. The number of fused-ring (bicyclic) bond motifs is 6. The van der Waals surface area contributed by atoms with E-state index in [2.05, 4.69) is 45.2 Å². The Morgan fingerprint density at radius 1 is 0.879 bits per heavy atom. The van der Waals surface area contributed by atoms with Crippen molar-refractivity contribution in [3.05, 3.63) is 70.8 Å². The predicted molar refractivity (Wildman–Crippen MR) is 131 cm³/mol. The zero-order chi connectivity index (χ0) is 22.5. The second-order valence-electron chi connectivity index (χ2n) is 9.73. The Morgan fingerprint density at radius 2 is 1.61 bits per heavy atom. The number of hydrogen-bond donors (Lipinski definition) is 1. The number of aliphatic hydroxyl groups is 1. The molecule has 0 fully saturated rings. The molecule has 0 radical (unpaired) electrons. The van der Waals surface area contributed by atoms with Gasteiger partial charge >= 0.3 is 0 Å². The van der Waals surface area contributed by atoms with Gasteiger partial charge in [0.2, 0.25) is 0 Å². The summed E-state index contributed by atoms with van der Waals surface area (Å²) in [5.74, 6) is -0.193. The molecule has 2 aliphatic rings. The molecular formula is C28H32FN3O. The van der Waals surface area contributed by atoms with Crippen molar-refractivity contribution in [2.45, 2.75) is 64.8 Å². The number of aliphatic hydroxyl groups excluding tert-OH is 1. The summed E-state index contributed by atoms with van der Waals surface area (Å²) in [5, 5.41) is 13.7. The first-order chi connectivity index (χ1) is 16.1. The minimum absolute atomic E-state index is 0.193. The lowest BCUT2D eigenvalue weighted by Gasteiger charge is -2.27. The molecule has 0 bridgehead atoms. The molecule has 0 saturated carbocycles. The first-order valence-corrected chi connectivity index (χ1v) is 12.4. The fraction of sp³-hybridized carbons (Fsp3) is 0.429. The molecule has 6 rings (SSSR count). The van der Waals surface area contributed by atoms with Crippen molar-refractivity contribution in [2.24, 2.45) is 0 Å². The van der Waals surface area contributed by atoms with Gasteiger partial charge in [0.25, 0.3) is 0 Å². The van der Waals surface area contributed by atoms with E-state index in [-0.39, 0.29) is 5.82 Å². The number of hydrogen-bond acceptors (Lipinski definition) is 2. The van der Waals surface area contributed by atoms with Crippen LogP contribution in [0.4, 0.5) is 4.39 Å². The van der Waals surface area contributed by atoms with Gasteiger partial charge in [-0.2, -0.15) is 0 Å². The number of halogens is 1. The van der Waals surface area contributed by atoms with Crippen LogP contribution in [-0.2, 0) is 38.9 Å². The SMILES string of the molecule is CCN1CCc2c(c3cc(F)ccc3n2CC(O)Cn2c3c(c4ccccc42)CCCC3)C1. The Balaban J connectivity index is 1.37. The highest BCUT2D eigenvalue weighted by molar-refractivity contribution is 5.87. The molecule has 2 aromatic heterocycles. The van der Waals surface area contributed by atoms with Crippen molar-refractivity contribution in [3.63, 3.8) is 0 Å². The molecular weight excluding hydrogens is 413 g/mol. The van der Waals surface area contributed by atoms with E-state index < -0.39 is 6.10 Å². The van der Waals surface area contributed by atoms with Gasteiger partial charge in [-0.15, -0.1) is 0 Å². The summed E-state index contributed by atoms with van der Waals surface area (Å²) in [6.45, 7) is 6.16. The fourth-order valence-corrected chi connectivity index (χ4v) is 6.23. The summed E-state index contributed by atoms with van der Waals surface area (Å²) < 4.78 is 18.8. The summed E-state index contributed by atoms with van der Waals surface area (Å²) in [7, 11) is 0. The Labute approximate surface area is 194 Å². The number of nitrogens with zero attached hydrogens (tertiary/aromatic N) is 3. The highest BCUT2D eigenvalue weighted by atomic mass is 19.1. The molecule has 2 aromatic carbocycles. The van der Waals surface area contributed by atoms with Crippen molar-refractivity contribution in [3.8, 4) is 0 Å². The highest BCUT2D eigenvalue weighted by Crippen LogP contribution is 2.34. The summed E-state index contributed by atoms with van der Waals surface area (Å²) in [6.07, 6.45) is 5.11. The maximum atomic E-state index is 14.1. The minimum atomic E-state index is -0.513. The van der Waals surface area contributed by atoms with Crippen molar-refractivity contribution in [1.29, 1.82) is 0 Å². The molecule has 1 aliphatic heterocycles. The Morgan fingerprint density at radius 3 is 2.42 bits per heavy atom. The van der Waals surface area contributed by atoms with Crippen LogP contribution in [0.5, 0.6) is 0 Å². The van der Waals surface area contributed by atoms with Crippen LogP contribution in [-0.4, -0.2) is 38.3 Å². The van der Waals surface area contributed by atoms with E-state index in [0.29, 0.717) is 13.1 Å². The van der Waals surface area contributed by atoms with Gasteiger partial charge in [-0.25, -0.2) is 4.39 Å². The maximum absolute atomic E-state index is 14.1. The van der Waals surface area contributed by atoms with E-state index in [1.165, 1.54) is 46.3 Å². The van der Waals surface area contributed by atoms with Gasteiger partial charge in [0.15, 0.2) is 0 Å². The zero-order valence-electron chi connectivity index (χ0n) is 19.4. The van der Waals surface area contributed by atoms with Gasteiger partial charge in [0, 0.05) is 52.7 Å². The van der Waals surface area contributed by atoms with Gasteiger partial charge in [-0.3, -0.25) is 4.90 Å². The number of rotatable bonds is 5. The second kappa shape index (κ2) is 8.30. The third kappa shape index (κ3) is 3.49. The van der Waals surface area contributed by atoms with Gasteiger partial charge in [0.05, 0.1) is 19.2 Å². The Bertz CT molecular complexity index is 1330. The molecule has 1 atom stereocenters.